The van der Waals surface area contributed by atoms with Crippen LogP contribution in [0.25, 0.3) is 0 Å². The van der Waals surface area contributed by atoms with Gasteiger partial charge in [-0.05, 0) is 128 Å². The predicted molar refractivity (Wildman–Crippen MR) is 426 cm³/mol. The average molecular weight is 1490 g/mol. The number of hydrogen-bond acceptors (Lipinski definition) is 15. The van der Waals surface area contributed by atoms with Gasteiger partial charge in [0.1, 0.15) is 19.3 Å². The van der Waals surface area contributed by atoms with E-state index >= 15 is 0 Å². The number of carbonyl (C=O) groups is 4. The van der Waals surface area contributed by atoms with Gasteiger partial charge in [0.15, 0.2) is 12.2 Å². The molecule has 0 aromatic heterocycles. The highest BCUT2D eigenvalue weighted by molar-refractivity contribution is 7.47. The molecule has 0 bridgehead atoms. The van der Waals surface area contributed by atoms with Crippen LogP contribution in [0.15, 0.2) is 194 Å². The van der Waals surface area contributed by atoms with Crippen molar-refractivity contribution in [2.24, 2.45) is 0 Å². The van der Waals surface area contributed by atoms with E-state index in [1.807, 2.05) is 42.5 Å². The number of hydrogen-bond donors (Lipinski definition) is 3. The van der Waals surface area contributed by atoms with E-state index in [2.05, 4.69) is 167 Å². The van der Waals surface area contributed by atoms with Gasteiger partial charge in [0.2, 0.25) is 0 Å². The van der Waals surface area contributed by atoms with Crippen molar-refractivity contribution in [2.45, 2.75) is 277 Å². The van der Waals surface area contributed by atoms with Gasteiger partial charge in [-0.25, -0.2) is 9.13 Å². The second-order valence-corrected chi connectivity index (χ2v) is 27.7. The van der Waals surface area contributed by atoms with Gasteiger partial charge in [0, 0.05) is 19.3 Å². The van der Waals surface area contributed by atoms with Gasteiger partial charge in [0.25, 0.3) is 0 Å². The van der Waals surface area contributed by atoms with E-state index in [9.17, 15) is 43.2 Å². The summed E-state index contributed by atoms with van der Waals surface area (Å²) < 4.78 is 68.2. The molecule has 5 atom stereocenters. The molecule has 0 aliphatic heterocycles. The van der Waals surface area contributed by atoms with Crippen LogP contribution in [0.5, 0.6) is 0 Å². The van der Waals surface area contributed by atoms with Crippen molar-refractivity contribution in [1.82, 2.24) is 0 Å². The van der Waals surface area contributed by atoms with E-state index in [1.165, 1.54) is 51.4 Å². The van der Waals surface area contributed by atoms with Crippen molar-refractivity contribution >= 4 is 39.5 Å². The van der Waals surface area contributed by atoms with Crippen molar-refractivity contribution in [1.29, 1.82) is 0 Å². The van der Waals surface area contributed by atoms with E-state index < -0.39 is 97.5 Å². The molecule has 0 fully saturated rings. The van der Waals surface area contributed by atoms with E-state index in [1.54, 1.807) is 12.2 Å². The summed E-state index contributed by atoms with van der Waals surface area (Å²) in [5.74, 6) is -2.51. The van der Waals surface area contributed by atoms with Crippen molar-refractivity contribution in [2.75, 3.05) is 39.6 Å². The van der Waals surface area contributed by atoms with Crippen LogP contribution in [0.1, 0.15) is 259 Å². The van der Waals surface area contributed by atoms with Crippen molar-refractivity contribution < 1.29 is 80.2 Å². The Labute approximate surface area is 627 Å². The molecule has 0 heterocycles. The fourth-order valence-corrected chi connectivity index (χ4v) is 10.9. The monoisotopic (exact) mass is 1490 g/mol. The van der Waals surface area contributed by atoms with Gasteiger partial charge in [-0.15, -0.1) is 0 Å². The Morgan fingerprint density at radius 3 is 0.904 bits per heavy atom. The number of aliphatic hydroxyl groups is 1. The molecule has 17 nitrogen and oxygen atoms in total. The minimum atomic E-state index is -5.03. The zero-order valence-electron chi connectivity index (χ0n) is 63.9. The van der Waals surface area contributed by atoms with Crippen molar-refractivity contribution in [3.8, 4) is 0 Å². The predicted octanol–water partition coefficient (Wildman–Crippen LogP) is 22.5. The molecule has 19 heteroatoms. The standard InChI is InChI=1S/C85H134O17P2/c1-5-9-13-17-21-25-29-33-36-38-39-41-44-47-50-54-58-62-66-70-83(88)96-76-81(102-85(90)72-68-64-60-56-52-48-42-35-31-27-23-19-15-11-7-3)78-100-104(93,94)98-74-79(86)73-97-103(91,92)99-77-80(101-84(89)71-67-63-59-55-51-45-32-28-24-20-16-12-8-4)75-95-82(87)69-65-61-57-53-49-46-43-40-37-34-30-26-22-18-14-10-6-2/h9-11,13-15,21-23,25-27,33-37,39,41-43,46-47,50,52-53,56-58,62,64,68,79-81,86H,5-8,12,16-20,24,28-32,38,40,44-45,48-49,51,54-55,59-61,63,65-67,69-78H2,1-4H3,(H,91,92)(H,93,94)/b13-9-,14-10-,15-11-,25-21-,26-22-,27-23-,36-33-,37-34-,41-39-,42-35-,46-43-,50-47-,56-52-,57-53-,62-58-,68-64-. The molecule has 0 radical (unpaired) electrons. The normalized spacial score (nSPS) is 15.0. The Bertz CT molecular complexity index is 2740. The SMILES string of the molecule is CC/C=C\C/C=C\C/C=C\C/C=C\C/C=C\C/C=C\CCC(=O)OCC(COP(=O)(O)OCC(O)COP(=O)(O)OCC(COC(=O)CCC/C=C\C/C=C\C/C=C\C/C=C\C/C=C\CC)OC(=O)CCCCCCCCCCCCCCC)OC(=O)C/C=C\C/C=C\C/C=C\C/C=C\C/C=C\CC. The van der Waals surface area contributed by atoms with Crippen LogP contribution in [0.2, 0.25) is 0 Å². The summed E-state index contributed by atoms with van der Waals surface area (Å²) in [7, 11) is -10.0. The Hall–Kier alpha value is -6.10. The molecule has 0 saturated heterocycles. The molecular formula is C85H134O17P2. The highest BCUT2D eigenvalue weighted by Gasteiger charge is 2.30. The molecule has 0 aliphatic carbocycles. The fourth-order valence-electron chi connectivity index (χ4n) is 9.36. The summed E-state index contributed by atoms with van der Waals surface area (Å²) >= 11 is 0. The Morgan fingerprint density at radius 1 is 0.288 bits per heavy atom. The largest absolute Gasteiger partial charge is 0.472 e. The molecule has 0 aliphatic rings. The van der Waals surface area contributed by atoms with Gasteiger partial charge in [-0.1, -0.05) is 299 Å². The lowest BCUT2D eigenvalue weighted by Gasteiger charge is -2.21. The summed E-state index contributed by atoms with van der Waals surface area (Å²) in [6.07, 6.45) is 91.9. The maximum atomic E-state index is 13.1. The van der Waals surface area contributed by atoms with Crippen molar-refractivity contribution in [3.63, 3.8) is 0 Å². The van der Waals surface area contributed by atoms with E-state index in [0.717, 1.165) is 116 Å². The number of allylic oxidation sites excluding steroid dienone is 31. The number of phosphoric ester groups is 2. The topological polar surface area (TPSA) is 237 Å². The van der Waals surface area contributed by atoms with Gasteiger partial charge in [-0.2, -0.15) is 0 Å². The lowest BCUT2D eigenvalue weighted by Crippen LogP contribution is -2.30. The number of unbranched alkanes of at least 4 members (excludes halogenated alkanes) is 13. The minimum absolute atomic E-state index is 0.00797. The third-order valence-electron chi connectivity index (χ3n) is 15.1. The van der Waals surface area contributed by atoms with E-state index in [4.69, 9.17) is 37.0 Å². The maximum absolute atomic E-state index is 13.1. The molecule has 0 saturated carbocycles. The van der Waals surface area contributed by atoms with Crippen LogP contribution >= 0.6 is 15.6 Å². The Balaban J connectivity index is 5.55. The number of aliphatic hydroxyl groups excluding tert-OH is 1. The molecular weight excluding hydrogens is 1350 g/mol. The third kappa shape index (κ3) is 74.2. The van der Waals surface area contributed by atoms with Crippen LogP contribution in [0.3, 0.4) is 0 Å². The number of ether oxygens (including phenoxy) is 4. The van der Waals surface area contributed by atoms with Crippen LogP contribution < -0.4 is 0 Å². The highest BCUT2D eigenvalue weighted by Crippen LogP contribution is 2.45. The first-order valence-electron chi connectivity index (χ1n) is 38.7. The minimum Gasteiger partial charge on any atom is -0.462 e. The summed E-state index contributed by atoms with van der Waals surface area (Å²) in [6, 6.07) is 0. The molecule has 0 rings (SSSR count). The second kappa shape index (κ2) is 75.1. The molecule has 3 N–H and O–H groups in total. The summed E-state index contributed by atoms with van der Waals surface area (Å²) in [5.41, 5.74) is 0. The first-order valence-corrected chi connectivity index (χ1v) is 41.7. The number of phosphoric acid groups is 2. The Morgan fingerprint density at radius 2 is 0.558 bits per heavy atom. The molecule has 104 heavy (non-hydrogen) atoms. The molecule has 5 unspecified atom stereocenters. The second-order valence-electron chi connectivity index (χ2n) is 24.8. The first-order chi connectivity index (χ1) is 50.7. The van der Waals surface area contributed by atoms with Gasteiger partial charge >= 0.3 is 39.5 Å². The van der Waals surface area contributed by atoms with Crippen LogP contribution in [-0.4, -0.2) is 96.7 Å². The molecule has 586 valence electrons. The van der Waals surface area contributed by atoms with Gasteiger partial charge < -0.3 is 33.8 Å². The van der Waals surface area contributed by atoms with Crippen LogP contribution in [-0.2, 0) is 65.4 Å². The lowest BCUT2D eigenvalue weighted by molar-refractivity contribution is -0.161. The fraction of sp³-hybridized carbons (Fsp3) is 0.576. The highest BCUT2D eigenvalue weighted by atomic mass is 31.2. The third-order valence-corrected chi connectivity index (χ3v) is 17.0. The number of carbonyl (C=O) groups excluding carboxylic acids is 4. The first kappa shape index (κ1) is 97.9. The van der Waals surface area contributed by atoms with Crippen LogP contribution in [0, 0.1) is 0 Å². The van der Waals surface area contributed by atoms with Gasteiger partial charge in [-0.3, -0.25) is 37.3 Å². The van der Waals surface area contributed by atoms with E-state index in [0.29, 0.717) is 38.5 Å². The molecule has 0 aromatic rings. The Kier molecular flexibility index (Phi) is 70.7. The molecule has 0 spiro atoms. The smallest absolute Gasteiger partial charge is 0.462 e. The lowest BCUT2D eigenvalue weighted by atomic mass is 10.0. The quantitative estimate of drug-likeness (QED) is 0.0169. The average Bonchev–Trinajstić information content (AvgIpc) is 0.911. The zero-order valence-corrected chi connectivity index (χ0v) is 65.6. The van der Waals surface area contributed by atoms with E-state index in [-0.39, 0.29) is 25.7 Å². The van der Waals surface area contributed by atoms with Crippen LogP contribution in [0.4, 0.5) is 0 Å². The molecule has 0 amide bonds. The summed E-state index contributed by atoms with van der Waals surface area (Å²) in [6.45, 7) is 4.23. The van der Waals surface area contributed by atoms with Crippen molar-refractivity contribution in [3.05, 3.63) is 194 Å². The molecule has 0 aromatic carbocycles. The summed E-state index contributed by atoms with van der Waals surface area (Å²) in [5, 5.41) is 10.6. The van der Waals surface area contributed by atoms with Gasteiger partial charge in [0.05, 0.1) is 32.8 Å². The maximum Gasteiger partial charge on any atom is 0.472 e. The summed E-state index contributed by atoms with van der Waals surface area (Å²) in [4.78, 5) is 72.8. The zero-order chi connectivity index (χ0) is 76.0. The number of rotatable bonds is 70. The number of esters is 4.